The number of likely N-dealkylation sites (tertiary alicyclic amines) is 1. The molecule has 0 amide bonds. The number of benzene rings is 1. The second-order valence-corrected chi connectivity index (χ2v) is 5.45. The lowest BCUT2D eigenvalue weighted by Gasteiger charge is -2.28. The maximum absolute atomic E-state index is 12.0. The van der Waals surface area contributed by atoms with Crippen LogP contribution in [0.25, 0.3) is 0 Å². The Hall–Kier alpha value is -1.35. The van der Waals surface area contributed by atoms with Gasteiger partial charge in [0.2, 0.25) is 0 Å². The fourth-order valence-corrected chi connectivity index (χ4v) is 2.57. The third-order valence-electron chi connectivity index (χ3n) is 3.53. The van der Waals surface area contributed by atoms with Gasteiger partial charge in [0.1, 0.15) is 6.10 Å². The molecule has 1 atom stereocenters. The van der Waals surface area contributed by atoms with Crippen LogP contribution in [0.15, 0.2) is 24.3 Å². The normalized spacial score (nSPS) is 18.0. The van der Waals surface area contributed by atoms with E-state index >= 15 is 0 Å². The molecule has 104 valence electrons. The smallest absolute Gasteiger partial charge is 0.338 e. The van der Waals surface area contributed by atoms with E-state index in [2.05, 4.69) is 4.90 Å². The Kier molecular flexibility index (Phi) is 4.97. The molecule has 0 N–H and O–H groups in total. The van der Waals surface area contributed by atoms with Gasteiger partial charge in [0.25, 0.3) is 0 Å². The average molecular weight is 261 g/mol. The van der Waals surface area contributed by atoms with Gasteiger partial charge in [0.05, 0.1) is 5.56 Å². The molecule has 1 aliphatic heterocycles. The van der Waals surface area contributed by atoms with Crippen LogP contribution in [0.3, 0.4) is 0 Å². The van der Waals surface area contributed by atoms with Crippen LogP contribution in [0.5, 0.6) is 0 Å². The molecule has 0 bridgehead atoms. The van der Waals surface area contributed by atoms with Gasteiger partial charge >= 0.3 is 5.97 Å². The second-order valence-electron chi connectivity index (χ2n) is 5.45. The number of esters is 1. The van der Waals surface area contributed by atoms with Crippen molar-refractivity contribution in [3.63, 3.8) is 0 Å². The zero-order valence-corrected chi connectivity index (χ0v) is 11.9. The molecule has 3 heteroatoms. The molecule has 3 nitrogen and oxygen atoms in total. The highest BCUT2D eigenvalue weighted by molar-refractivity contribution is 5.89. The van der Waals surface area contributed by atoms with E-state index in [1.54, 1.807) is 0 Å². The maximum atomic E-state index is 12.0. The van der Waals surface area contributed by atoms with Crippen molar-refractivity contribution in [2.45, 2.75) is 39.2 Å². The van der Waals surface area contributed by atoms with Crippen LogP contribution in [0.1, 0.15) is 42.1 Å². The van der Waals surface area contributed by atoms with Gasteiger partial charge in [-0.2, -0.15) is 0 Å². The fraction of sp³-hybridized carbons (Fsp3) is 0.562. The number of carbonyl (C=O) groups excluding carboxylic acids is 1. The van der Waals surface area contributed by atoms with Gasteiger partial charge < -0.3 is 4.74 Å². The number of rotatable bonds is 4. The van der Waals surface area contributed by atoms with Crippen LogP contribution in [0.2, 0.25) is 0 Å². The van der Waals surface area contributed by atoms with E-state index in [9.17, 15) is 4.79 Å². The number of hydrogen-bond acceptors (Lipinski definition) is 3. The van der Waals surface area contributed by atoms with Crippen LogP contribution in [0.4, 0.5) is 0 Å². The molecule has 0 unspecified atom stereocenters. The van der Waals surface area contributed by atoms with Crippen molar-refractivity contribution in [2.75, 3.05) is 19.6 Å². The molecule has 1 heterocycles. The summed E-state index contributed by atoms with van der Waals surface area (Å²) in [7, 11) is 0. The zero-order valence-electron chi connectivity index (χ0n) is 11.9. The van der Waals surface area contributed by atoms with Crippen LogP contribution in [0, 0.1) is 6.92 Å². The number of ether oxygens (including phenoxy) is 1. The average Bonchev–Trinajstić information content (AvgIpc) is 2.39. The third-order valence-corrected chi connectivity index (χ3v) is 3.53. The first kappa shape index (κ1) is 14.1. The Morgan fingerprint density at radius 1 is 1.32 bits per heavy atom. The van der Waals surface area contributed by atoms with Gasteiger partial charge in [-0.25, -0.2) is 4.79 Å². The van der Waals surface area contributed by atoms with Crippen LogP contribution in [-0.2, 0) is 4.74 Å². The Morgan fingerprint density at radius 2 is 2.05 bits per heavy atom. The van der Waals surface area contributed by atoms with Gasteiger partial charge in [0, 0.05) is 6.54 Å². The molecule has 1 fully saturated rings. The minimum absolute atomic E-state index is 0.0499. The van der Waals surface area contributed by atoms with Gasteiger partial charge in [-0.05, 0) is 51.9 Å². The minimum Gasteiger partial charge on any atom is -0.458 e. The van der Waals surface area contributed by atoms with Gasteiger partial charge in [-0.1, -0.05) is 24.1 Å². The second kappa shape index (κ2) is 6.71. The molecule has 0 aliphatic carbocycles. The van der Waals surface area contributed by atoms with Crippen molar-refractivity contribution in [2.24, 2.45) is 0 Å². The molecule has 0 saturated carbocycles. The number of aryl methyl sites for hydroxylation is 1. The Balaban J connectivity index is 1.84. The number of nitrogens with zero attached hydrogens (tertiary/aromatic N) is 1. The lowest BCUT2D eigenvalue weighted by atomic mass is 10.1. The van der Waals surface area contributed by atoms with Crippen molar-refractivity contribution in [3.8, 4) is 0 Å². The van der Waals surface area contributed by atoms with E-state index in [0.717, 1.165) is 25.2 Å². The molecular formula is C16H23NO2. The lowest BCUT2D eigenvalue weighted by Crippen LogP contribution is -2.37. The molecule has 0 aromatic heterocycles. The summed E-state index contributed by atoms with van der Waals surface area (Å²) >= 11 is 0. The van der Waals surface area contributed by atoms with E-state index in [1.807, 2.05) is 38.1 Å². The SMILES string of the molecule is Cc1cccc(C(=O)O[C@H](C)CN2CCCCC2)c1. The summed E-state index contributed by atoms with van der Waals surface area (Å²) in [5.74, 6) is -0.215. The predicted octanol–water partition coefficient (Wildman–Crippen LogP) is 3.03. The highest BCUT2D eigenvalue weighted by Gasteiger charge is 2.17. The maximum Gasteiger partial charge on any atom is 0.338 e. The van der Waals surface area contributed by atoms with Gasteiger partial charge in [-0.15, -0.1) is 0 Å². The molecule has 19 heavy (non-hydrogen) atoms. The molecular weight excluding hydrogens is 238 g/mol. The molecule has 1 saturated heterocycles. The monoisotopic (exact) mass is 261 g/mol. The summed E-state index contributed by atoms with van der Waals surface area (Å²) in [5, 5.41) is 0. The first-order chi connectivity index (χ1) is 9.15. The zero-order chi connectivity index (χ0) is 13.7. The van der Waals surface area contributed by atoms with Crippen LogP contribution in [-0.4, -0.2) is 36.6 Å². The molecule has 1 aromatic carbocycles. The third kappa shape index (κ3) is 4.35. The standard InChI is InChI=1S/C16H23NO2/c1-13-7-6-8-15(11-13)16(18)19-14(2)12-17-9-4-3-5-10-17/h6-8,11,14H,3-5,9-10,12H2,1-2H3/t14-/m1/s1. The fourth-order valence-electron chi connectivity index (χ4n) is 2.57. The van der Waals surface area contributed by atoms with Crippen LogP contribution < -0.4 is 0 Å². The molecule has 2 rings (SSSR count). The molecule has 1 aliphatic rings. The van der Waals surface area contributed by atoms with Crippen molar-refractivity contribution in [3.05, 3.63) is 35.4 Å². The summed E-state index contributed by atoms with van der Waals surface area (Å²) in [5.41, 5.74) is 1.73. The number of carbonyl (C=O) groups is 1. The van der Waals surface area contributed by atoms with Crippen LogP contribution >= 0.6 is 0 Å². The van der Waals surface area contributed by atoms with E-state index in [4.69, 9.17) is 4.74 Å². The Labute approximate surface area is 115 Å². The number of piperidine rings is 1. The quantitative estimate of drug-likeness (QED) is 0.780. The summed E-state index contributed by atoms with van der Waals surface area (Å²) in [6.45, 7) is 7.06. The van der Waals surface area contributed by atoms with E-state index in [-0.39, 0.29) is 12.1 Å². The van der Waals surface area contributed by atoms with Crippen molar-refractivity contribution in [1.29, 1.82) is 0 Å². The molecule has 1 aromatic rings. The Morgan fingerprint density at radius 3 is 2.74 bits per heavy atom. The number of hydrogen-bond donors (Lipinski definition) is 0. The lowest BCUT2D eigenvalue weighted by molar-refractivity contribution is 0.0236. The largest absolute Gasteiger partial charge is 0.458 e. The summed E-state index contributed by atoms with van der Waals surface area (Å²) in [4.78, 5) is 14.4. The first-order valence-corrected chi connectivity index (χ1v) is 7.15. The summed E-state index contributed by atoms with van der Waals surface area (Å²) in [6.07, 6.45) is 3.80. The van der Waals surface area contributed by atoms with Crippen molar-refractivity contribution < 1.29 is 9.53 Å². The highest BCUT2D eigenvalue weighted by atomic mass is 16.5. The van der Waals surface area contributed by atoms with Crippen molar-refractivity contribution in [1.82, 2.24) is 4.90 Å². The topological polar surface area (TPSA) is 29.5 Å². The highest BCUT2D eigenvalue weighted by Crippen LogP contribution is 2.11. The van der Waals surface area contributed by atoms with Gasteiger partial charge in [-0.3, -0.25) is 4.90 Å². The van der Waals surface area contributed by atoms with E-state index < -0.39 is 0 Å². The predicted molar refractivity (Wildman–Crippen MR) is 76.3 cm³/mol. The molecule has 0 spiro atoms. The summed E-state index contributed by atoms with van der Waals surface area (Å²) in [6, 6.07) is 7.55. The Bertz CT molecular complexity index is 425. The molecule has 0 radical (unpaired) electrons. The van der Waals surface area contributed by atoms with Crippen molar-refractivity contribution >= 4 is 5.97 Å². The van der Waals surface area contributed by atoms with Gasteiger partial charge in [0.15, 0.2) is 0 Å². The minimum atomic E-state index is -0.215. The summed E-state index contributed by atoms with van der Waals surface area (Å²) < 4.78 is 5.51. The first-order valence-electron chi connectivity index (χ1n) is 7.15. The van der Waals surface area contributed by atoms with E-state index in [1.165, 1.54) is 19.3 Å². The van der Waals surface area contributed by atoms with E-state index in [0.29, 0.717) is 5.56 Å².